The maximum absolute atomic E-state index is 13.1. The number of amides is 1. The molecule has 0 aromatic heterocycles. The third-order valence-electron chi connectivity index (χ3n) is 14.7. The number of allylic oxidation sites excluding steroid dienone is 13. The van der Waals surface area contributed by atoms with Crippen LogP contribution in [0.15, 0.2) is 85.1 Å². The summed E-state index contributed by atoms with van der Waals surface area (Å²) in [7, 11) is 0. The molecule has 7 atom stereocenters. The van der Waals surface area contributed by atoms with Crippen LogP contribution in [0.2, 0.25) is 0 Å². The van der Waals surface area contributed by atoms with Crippen molar-refractivity contribution < 1.29 is 39.8 Å². The number of unbranched alkanes of at least 4 members (excludes halogenated alkanes) is 32. The van der Waals surface area contributed by atoms with Crippen LogP contribution in [0.25, 0.3) is 0 Å². The fourth-order valence-corrected chi connectivity index (χ4v) is 9.75. The summed E-state index contributed by atoms with van der Waals surface area (Å²) < 4.78 is 11.3. The summed E-state index contributed by atoms with van der Waals surface area (Å²) >= 11 is 0. The molecule has 6 N–H and O–H groups in total. The summed E-state index contributed by atoms with van der Waals surface area (Å²) in [6.45, 7) is 3.69. The minimum absolute atomic E-state index is 0.179. The van der Waals surface area contributed by atoms with E-state index in [2.05, 4.69) is 92.1 Å². The Balaban J connectivity index is 2.18. The van der Waals surface area contributed by atoms with Crippen LogP contribution in [0.4, 0.5) is 0 Å². The first kappa shape index (κ1) is 71.4. The molecular formula is C67H119NO8. The third-order valence-corrected chi connectivity index (χ3v) is 14.7. The van der Waals surface area contributed by atoms with Crippen LogP contribution in [-0.4, -0.2) is 87.5 Å². The van der Waals surface area contributed by atoms with Gasteiger partial charge in [0.25, 0.3) is 0 Å². The van der Waals surface area contributed by atoms with E-state index < -0.39 is 49.5 Å². The highest BCUT2D eigenvalue weighted by atomic mass is 16.7. The van der Waals surface area contributed by atoms with Gasteiger partial charge in [-0.15, -0.1) is 0 Å². The van der Waals surface area contributed by atoms with Gasteiger partial charge in [-0.2, -0.15) is 0 Å². The van der Waals surface area contributed by atoms with Crippen LogP contribution in [0.1, 0.15) is 277 Å². The third kappa shape index (κ3) is 44.2. The zero-order valence-electron chi connectivity index (χ0n) is 49.0. The molecule has 0 saturated carbocycles. The van der Waals surface area contributed by atoms with Gasteiger partial charge in [0.2, 0.25) is 5.91 Å². The monoisotopic (exact) mass is 1070 g/mol. The average Bonchev–Trinajstić information content (AvgIpc) is 3.42. The lowest BCUT2D eigenvalue weighted by Gasteiger charge is -2.40. The van der Waals surface area contributed by atoms with Crippen LogP contribution in [0, 0.1) is 0 Å². The predicted octanol–water partition coefficient (Wildman–Crippen LogP) is 16.6. The van der Waals surface area contributed by atoms with Gasteiger partial charge in [0.05, 0.1) is 25.4 Å². The summed E-state index contributed by atoms with van der Waals surface area (Å²) in [6.07, 6.45) is 72.2. The lowest BCUT2D eigenvalue weighted by molar-refractivity contribution is -0.302. The van der Waals surface area contributed by atoms with E-state index in [0.717, 1.165) is 77.0 Å². The molecule has 76 heavy (non-hydrogen) atoms. The molecule has 0 bridgehead atoms. The first-order valence-corrected chi connectivity index (χ1v) is 31.8. The predicted molar refractivity (Wildman–Crippen MR) is 322 cm³/mol. The van der Waals surface area contributed by atoms with Crippen LogP contribution in [-0.2, 0) is 14.3 Å². The molecule has 1 fully saturated rings. The second kappa shape index (κ2) is 55.7. The fraction of sp³-hybridized carbons (Fsp3) is 0.776. The van der Waals surface area contributed by atoms with Gasteiger partial charge >= 0.3 is 0 Å². The normalized spacial score (nSPS) is 19.4. The zero-order chi connectivity index (χ0) is 55.0. The van der Waals surface area contributed by atoms with Crippen LogP contribution in [0.3, 0.4) is 0 Å². The Kier molecular flexibility index (Phi) is 52.3. The van der Waals surface area contributed by atoms with Crippen molar-refractivity contribution in [1.29, 1.82) is 0 Å². The van der Waals surface area contributed by atoms with E-state index in [-0.39, 0.29) is 12.5 Å². The van der Waals surface area contributed by atoms with Gasteiger partial charge in [-0.1, -0.05) is 285 Å². The molecule has 1 aliphatic rings. The van der Waals surface area contributed by atoms with E-state index in [0.29, 0.717) is 6.42 Å². The SMILES string of the molecule is CC/C=C\C/C=C\C/C=C\C/C=C\C/C=C\C/C=C\CCCCCCCCCCCCCCC(=O)NC(COC1OC(CO)C(O)C(O)C1O)C(O)/C=C/CCCCCCCCCCCCCCCCCCCCCC. The van der Waals surface area contributed by atoms with E-state index in [9.17, 15) is 30.3 Å². The van der Waals surface area contributed by atoms with Gasteiger partial charge in [-0.3, -0.25) is 4.79 Å². The molecule has 0 aromatic carbocycles. The Labute approximate surface area is 467 Å². The highest BCUT2D eigenvalue weighted by Crippen LogP contribution is 2.23. The molecule has 9 heteroatoms. The lowest BCUT2D eigenvalue weighted by atomic mass is 9.99. The van der Waals surface area contributed by atoms with Crippen molar-refractivity contribution in [1.82, 2.24) is 5.32 Å². The molecule has 1 amide bonds. The molecule has 0 spiro atoms. The minimum atomic E-state index is -1.57. The van der Waals surface area contributed by atoms with E-state index >= 15 is 0 Å². The number of carbonyl (C=O) groups excluding carboxylic acids is 1. The standard InChI is InChI=1S/C67H119NO8/c1-3-5-7-9-11-13-15-17-19-21-23-25-27-28-29-30-31-32-33-34-35-37-39-41-43-45-47-49-51-53-55-57-63(71)68-60(59-75-67-66(74)65(73)64(72)62(58-69)76-67)61(70)56-54-52-50-48-46-44-42-40-38-36-26-24-22-20-18-16-14-12-10-8-6-4-2/h5,7,11,13,17,19,23,25,28-29,31-32,54,56,60-62,64-67,69-70,72-74H,3-4,6,8-10,12,14-16,18,20-22,24,26-27,30,33-53,55,57-59H2,1-2H3,(H,68,71)/b7-5-,13-11-,19-17-,25-23-,29-28-,32-31-,56-54+. The van der Waals surface area contributed by atoms with Gasteiger partial charge in [-0.05, 0) is 70.6 Å². The number of nitrogens with one attached hydrogen (secondary N) is 1. The quantitative estimate of drug-likeness (QED) is 0.0261. The summed E-state index contributed by atoms with van der Waals surface area (Å²) in [5, 5.41) is 54.7. The maximum Gasteiger partial charge on any atom is 0.220 e. The van der Waals surface area contributed by atoms with Crippen molar-refractivity contribution in [2.24, 2.45) is 0 Å². The van der Waals surface area contributed by atoms with Crippen LogP contribution in [0.5, 0.6) is 0 Å². The summed E-state index contributed by atoms with van der Waals surface area (Å²) in [4.78, 5) is 13.1. The Morgan fingerprint density at radius 3 is 1.21 bits per heavy atom. The Bertz CT molecular complexity index is 1470. The number of hydrogen-bond acceptors (Lipinski definition) is 8. The van der Waals surface area contributed by atoms with Gasteiger partial charge in [0, 0.05) is 6.42 Å². The highest BCUT2D eigenvalue weighted by molar-refractivity contribution is 5.76. The summed E-state index contributed by atoms with van der Waals surface area (Å²) in [5.41, 5.74) is 0. The largest absolute Gasteiger partial charge is 0.394 e. The van der Waals surface area contributed by atoms with Gasteiger partial charge in [-0.25, -0.2) is 0 Å². The number of hydrogen-bond donors (Lipinski definition) is 6. The smallest absolute Gasteiger partial charge is 0.220 e. The number of rotatable bonds is 54. The molecule has 9 nitrogen and oxygen atoms in total. The average molecular weight is 1070 g/mol. The Morgan fingerprint density at radius 2 is 0.816 bits per heavy atom. The van der Waals surface area contributed by atoms with Crippen molar-refractivity contribution in [3.05, 3.63) is 85.1 Å². The first-order chi connectivity index (χ1) is 37.3. The maximum atomic E-state index is 13.1. The van der Waals surface area contributed by atoms with Crippen molar-refractivity contribution in [3.8, 4) is 0 Å². The Morgan fingerprint density at radius 1 is 0.461 bits per heavy atom. The number of carbonyl (C=O) groups is 1. The number of aliphatic hydroxyl groups is 5. The molecular weight excluding hydrogens is 947 g/mol. The first-order valence-electron chi connectivity index (χ1n) is 31.8. The molecule has 0 aromatic rings. The fourth-order valence-electron chi connectivity index (χ4n) is 9.75. The zero-order valence-corrected chi connectivity index (χ0v) is 49.0. The van der Waals surface area contributed by atoms with Crippen molar-refractivity contribution >= 4 is 5.91 Å². The minimum Gasteiger partial charge on any atom is -0.394 e. The molecule has 7 unspecified atom stereocenters. The number of ether oxygens (including phenoxy) is 2. The topological polar surface area (TPSA) is 149 Å². The molecule has 0 aliphatic carbocycles. The van der Waals surface area contributed by atoms with Gasteiger partial charge in [0.15, 0.2) is 6.29 Å². The van der Waals surface area contributed by atoms with Crippen molar-refractivity contribution in [3.63, 3.8) is 0 Å². The molecule has 0 radical (unpaired) electrons. The van der Waals surface area contributed by atoms with Crippen molar-refractivity contribution in [2.75, 3.05) is 13.2 Å². The van der Waals surface area contributed by atoms with E-state index in [1.165, 1.54) is 180 Å². The molecule has 1 rings (SSSR count). The van der Waals surface area contributed by atoms with Crippen LogP contribution >= 0.6 is 0 Å². The second-order valence-corrected chi connectivity index (χ2v) is 21.8. The molecule has 1 heterocycles. The van der Waals surface area contributed by atoms with E-state index in [1.807, 2.05) is 6.08 Å². The van der Waals surface area contributed by atoms with Gasteiger partial charge < -0.3 is 40.3 Å². The van der Waals surface area contributed by atoms with Crippen molar-refractivity contribution in [2.45, 2.75) is 320 Å². The molecule has 440 valence electrons. The molecule has 1 saturated heterocycles. The Hall–Kier alpha value is -2.63. The number of aliphatic hydroxyl groups excluding tert-OH is 5. The van der Waals surface area contributed by atoms with E-state index in [4.69, 9.17) is 9.47 Å². The summed E-state index contributed by atoms with van der Waals surface area (Å²) in [5.74, 6) is -0.179. The summed E-state index contributed by atoms with van der Waals surface area (Å²) in [6, 6.07) is -0.811. The van der Waals surface area contributed by atoms with Crippen LogP contribution < -0.4 is 5.32 Å². The van der Waals surface area contributed by atoms with E-state index in [1.54, 1.807) is 6.08 Å². The lowest BCUT2D eigenvalue weighted by Crippen LogP contribution is -2.60. The second-order valence-electron chi connectivity index (χ2n) is 21.8. The molecule has 1 aliphatic heterocycles. The highest BCUT2D eigenvalue weighted by Gasteiger charge is 2.44. The van der Waals surface area contributed by atoms with Gasteiger partial charge in [0.1, 0.15) is 24.4 Å².